The first-order valence-electron chi connectivity index (χ1n) is 6.64. The van der Waals surface area contributed by atoms with Gasteiger partial charge in [0, 0.05) is 24.6 Å². The van der Waals surface area contributed by atoms with Gasteiger partial charge in [0.05, 0.1) is 4.92 Å². The molecule has 0 atom stereocenters. The lowest BCUT2D eigenvalue weighted by molar-refractivity contribution is -0.384. The first-order valence-corrected chi connectivity index (χ1v) is 7.46. The van der Waals surface area contributed by atoms with Crippen molar-refractivity contribution in [3.63, 3.8) is 0 Å². The molecule has 8 heteroatoms. The number of aryl methyl sites for hydroxylation is 1. The molecule has 0 fully saturated rings. The zero-order chi connectivity index (χ0) is 15.9. The minimum Gasteiger partial charge on any atom is -0.297 e. The van der Waals surface area contributed by atoms with E-state index in [1.165, 1.54) is 35.6 Å². The van der Waals surface area contributed by atoms with Crippen molar-refractivity contribution in [1.82, 2.24) is 10.2 Å². The highest BCUT2D eigenvalue weighted by atomic mass is 32.1. The number of aromatic nitrogens is 2. The van der Waals surface area contributed by atoms with Gasteiger partial charge in [-0.25, -0.2) is 0 Å². The van der Waals surface area contributed by atoms with Gasteiger partial charge in [-0.05, 0) is 18.1 Å². The van der Waals surface area contributed by atoms with Crippen LogP contribution in [0.25, 0.3) is 6.08 Å². The van der Waals surface area contributed by atoms with Crippen molar-refractivity contribution in [3.05, 3.63) is 51.0 Å². The van der Waals surface area contributed by atoms with E-state index < -0.39 is 4.92 Å². The van der Waals surface area contributed by atoms with Crippen LogP contribution in [0.1, 0.15) is 23.9 Å². The zero-order valence-corrected chi connectivity index (χ0v) is 12.7. The molecule has 1 aromatic heterocycles. The van der Waals surface area contributed by atoms with Gasteiger partial charge in [-0.15, -0.1) is 10.2 Å². The van der Waals surface area contributed by atoms with Crippen molar-refractivity contribution in [2.45, 2.75) is 19.8 Å². The van der Waals surface area contributed by atoms with Crippen molar-refractivity contribution in [2.75, 3.05) is 5.32 Å². The van der Waals surface area contributed by atoms with E-state index in [1.54, 1.807) is 12.1 Å². The predicted molar refractivity (Wildman–Crippen MR) is 84.7 cm³/mol. The number of nitro groups is 1. The molecular formula is C14H14N4O3S. The fourth-order valence-electron chi connectivity index (χ4n) is 1.68. The SMILES string of the molecule is CCCc1nnc(NC(=O)/C=C/c2cccc([N+](=O)[O-])c2)s1. The van der Waals surface area contributed by atoms with E-state index in [2.05, 4.69) is 15.5 Å². The summed E-state index contributed by atoms with van der Waals surface area (Å²) in [6, 6.07) is 6.04. The number of rotatable bonds is 6. The van der Waals surface area contributed by atoms with Crippen LogP contribution >= 0.6 is 11.3 Å². The third-order valence-corrected chi connectivity index (χ3v) is 3.57. The Bertz CT molecular complexity index is 712. The lowest BCUT2D eigenvalue weighted by Gasteiger charge is -1.96. The van der Waals surface area contributed by atoms with E-state index in [-0.39, 0.29) is 11.6 Å². The Morgan fingerprint density at radius 3 is 3.00 bits per heavy atom. The molecular weight excluding hydrogens is 304 g/mol. The van der Waals surface area contributed by atoms with Crippen LogP contribution in [-0.4, -0.2) is 21.0 Å². The van der Waals surface area contributed by atoms with Gasteiger partial charge in [0.1, 0.15) is 5.01 Å². The number of nitrogens with zero attached hydrogens (tertiary/aromatic N) is 3. The Labute approximate surface area is 130 Å². The average Bonchev–Trinajstić information content (AvgIpc) is 2.93. The second-order valence-corrected chi connectivity index (χ2v) is 5.49. The molecule has 1 amide bonds. The summed E-state index contributed by atoms with van der Waals surface area (Å²) in [5.41, 5.74) is 0.559. The first-order chi connectivity index (χ1) is 10.6. The van der Waals surface area contributed by atoms with Crippen LogP contribution in [0.3, 0.4) is 0 Å². The Balaban J connectivity index is 1.98. The van der Waals surface area contributed by atoms with Gasteiger partial charge >= 0.3 is 0 Å². The number of benzene rings is 1. The van der Waals surface area contributed by atoms with Gasteiger partial charge in [0.15, 0.2) is 0 Å². The maximum absolute atomic E-state index is 11.8. The summed E-state index contributed by atoms with van der Waals surface area (Å²) in [7, 11) is 0. The number of hydrogen-bond acceptors (Lipinski definition) is 6. The maximum atomic E-state index is 11.8. The molecule has 22 heavy (non-hydrogen) atoms. The van der Waals surface area contributed by atoms with Crippen molar-refractivity contribution >= 4 is 34.1 Å². The van der Waals surface area contributed by atoms with Crippen LogP contribution in [0, 0.1) is 10.1 Å². The quantitative estimate of drug-likeness (QED) is 0.501. The summed E-state index contributed by atoms with van der Waals surface area (Å²) < 4.78 is 0. The van der Waals surface area contributed by atoms with Crippen molar-refractivity contribution in [2.24, 2.45) is 0 Å². The molecule has 0 aliphatic rings. The van der Waals surface area contributed by atoms with Crippen LogP contribution in [0.2, 0.25) is 0 Å². The Morgan fingerprint density at radius 1 is 1.45 bits per heavy atom. The Morgan fingerprint density at radius 2 is 2.27 bits per heavy atom. The van der Waals surface area contributed by atoms with Crippen molar-refractivity contribution in [3.8, 4) is 0 Å². The molecule has 1 heterocycles. The number of non-ortho nitro benzene ring substituents is 1. The summed E-state index contributed by atoms with van der Waals surface area (Å²) in [5, 5.41) is 22.5. The number of hydrogen-bond donors (Lipinski definition) is 1. The molecule has 2 rings (SSSR count). The molecule has 0 saturated heterocycles. The van der Waals surface area contributed by atoms with Crippen molar-refractivity contribution < 1.29 is 9.72 Å². The number of nitro benzene ring substituents is 1. The predicted octanol–water partition coefficient (Wildman–Crippen LogP) is 3.05. The van der Waals surface area contributed by atoms with Crippen LogP contribution in [0.4, 0.5) is 10.8 Å². The van der Waals surface area contributed by atoms with Crippen LogP contribution in [0.15, 0.2) is 30.3 Å². The molecule has 7 nitrogen and oxygen atoms in total. The summed E-state index contributed by atoms with van der Waals surface area (Å²) in [6.45, 7) is 2.04. The second-order valence-electron chi connectivity index (χ2n) is 4.43. The molecule has 1 N–H and O–H groups in total. The lowest BCUT2D eigenvalue weighted by atomic mass is 10.2. The number of carbonyl (C=O) groups is 1. The highest BCUT2D eigenvalue weighted by Gasteiger charge is 2.06. The summed E-state index contributed by atoms with van der Waals surface area (Å²) in [4.78, 5) is 22.0. The molecule has 0 aliphatic carbocycles. The molecule has 0 spiro atoms. The molecule has 0 saturated carbocycles. The van der Waals surface area contributed by atoms with E-state index in [0.29, 0.717) is 10.7 Å². The van der Waals surface area contributed by atoms with Gasteiger partial charge in [-0.3, -0.25) is 20.2 Å². The molecule has 114 valence electrons. The number of amides is 1. The van der Waals surface area contributed by atoms with E-state index in [4.69, 9.17) is 0 Å². The van der Waals surface area contributed by atoms with Gasteiger partial charge < -0.3 is 0 Å². The van der Waals surface area contributed by atoms with Gasteiger partial charge in [-0.2, -0.15) is 0 Å². The van der Waals surface area contributed by atoms with Crippen LogP contribution in [-0.2, 0) is 11.2 Å². The Kier molecular flexibility index (Phi) is 5.31. The smallest absolute Gasteiger partial charge is 0.270 e. The third kappa shape index (κ3) is 4.45. The lowest BCUT2D eigenvalue weighted by Crippen LogP contribution is -2.07. The third-order valence-electron chi connectivity index (χ3n) is 2.67. The van der Waals surface area contributed by atoms with Gasteiger partial charge in [0.2, 0.25) is 11.0 Å². The number of carbonyl (C=O) groups excluding carboxylic acids is 1. The van der Waals surface area contributed by atoms with Crippen LogP contribution < -0.4 is 5.32 Å². The molecule has 1 aromatic carbocycles. The largest absolute Gasteiger partial charge is 0.297 e. The minimum atomic E-state index is -0.478. The first kappa shape index (κ1) is 15.8. The highest BCUT2D eigenvalue weighted by molar-refractivity contribution is 7.15. The summed E-state index contributed by atoms with van der Waals surface area (Å²) in [6.07, 6.45) is 4.61. The van der Waals surface area contributed by atoms with E-state index in [0.717, 1.165) is 17.8 Å². The monoisotopic (exact) mass is 318 g/mol. The van der Waals surface area contributed by atoms with Crippen molar-refractivity contribution in [1.29, 1.82) is 0 Å². The topological polar surface area (TPSA) is 98.0 Å². The van der Waals surface area contributed by atoms with Gasteiger partial charge in [-0.1, -0.05) is 30.4 Å². The molecule has 0 radical (unpaired) electrons. The normalized spacial score (nSPS) is 10.8. The fraction of sp³-hybridized carbons (Fsp3) is 0.214. The molecule has 2 aromatic rings. The molecule has 0 bridgehead atoms. The highest BCUT2D eigenvalue weighted by Crippen LogP contribution is 2.17. The van der Waals surface area contributed by atoms with E-state index in [9.17, 15) is 14.9 Å². The van der Waals surface area contributed by atoms with Gasteiger partial charge in [0.25, 0.3) is 5.69 Å². The standard InChI is InChI=1S/C14H14N4O3S/c1-2-4-13-16-17-14(22-13)15-12(19)8-7-10-5-3-6-11(9-10)18(20)21/h3,5-9H,2,4H2,1H3,(H,15,17,19)/b8-7+. The molecule has 0 unspecified atom stereocenters. The number of nitrogens with one attached hydrogen (secondary N) is 1. The minimum absolute atomic E-state index is 0.0177. The summed E-state index contributed by atoms with van der Waals surface area (Å²) in [5.74, 6) is -0.356. The average molecular weight is 318 g/mol. The number of anilines is 1. The fourth-order valence-corrected chi connectivity index (χ4v) is 2.52. The van der Waals surface area contributed by atoms with Crippen LogP contribution in [0.5, 0.6) is 0 Å². The Hall–Kier alpha value is -2.61. The maximum Gasteiger partial charge on any atom is 0.270 e. The van der Waals surface area contributed by atoms with E-state index >= 15 is 0 Å². The zero-order valence-electron chi connectivity index (χ0n) is 11.9. The summed E-state index contributed by atoms with van der Waals surface area (Å²) >= 11 is 1.34. The second kappa shape index (κ2) is 7.41. The molecule has 0 aliphatic heterocycles. The van der Waals surface area contributed by atoms with E-state index in [1.807, 2.05) is 6.92 Å².